The minimum Gasteiger partial charge on any atom is -0.480 e. The van der Waals surface area contributed by atoms with E-state index in [2.05, 4.69) is 9.71 Å². The van der Waals surface area contributed by atoms with Gasteiger partial charge in [-0.15, -0.1) is 11.3 Å². The van der Waals surface area contributed by atoms with Crippen LogP contribution in [0.4, 0.5) is 5.69 Å². The summed E-state index contributed by atoms with van der Waals surface area (Å²) >= 11 is 1.11. The number of aromatic nitrogens is 1. The van der Waals surface area contributed by atoms with Gasteiger partial charge in [0.05, 0.1) is 0 Å². The van der Waals surface area contributed by atoms with Gasteiger partial charge in [-0.3, -0.25) is 4.79 Å². The summed E-state index contributed by atoms with van der Waals surface area (Å²) in [6.07, 6.45) is 1.76. The van der Waals surface area contributed by atoms with Gasteiger partial charge < -0.3 is 15.0 Å². The molecule has 4 aromatic rings. The highest BCUT2D eigenvalue weighted by molar-refractivity contribution is 7.91. The number of H-pyrrole nitrogens is 1. The van der Waals surface area contributed by atoms with Gasteiger partial charge in [-0.05, 0) is 54.4 Å². The van der Waals surface area contributed by atoms with Gasteiger partial charge in [0, 0.05) is 48.2 Å². The van der Waals surface area contributed by atoms with Gasteiger partial charge in [0.25, 0.3) is 10.0 Å². The summed E-state index contributed by atoms with van der Waals surface area (Å²) in [5, 5.41) is 10.6. The second-order valence-corrected chi connectivity index (χ2v) is 11.2. The maximum Gasteiger partial charge on any atom is 0.322 e. The highest BCUT2D eigenvalue weighted by atomic mass is 32.2. The Hall–Kier alpha value is -3.14. The molecule has 7 nitrogen and oxygen atoms in total. The van der Waals surface area contributed by atoms with Crippen LogP contribution in [0.5, 0.6) is 0 Å². The molecule has 2 heterocycles. The topological polar surface area (TPSA) is 103 Å². The van der Waals surface area contributed by atoms with Crippen LogP contribution < -0.4 is 9.62 Å². The SMILES string of the molecule is Cc1ccc2[nH]cc(C[C@@H](NS(=O)(=O)c3ccc(-c4ccc(N(C)C)cc4)s3)C(=O)O)c2c1. The molecule has 0 saturated heterocycles. The Morgan fingerprint density at radius 2 is 1.85 bits per heavy atom. The third-order valence-electron chi connectivity index (χ3n) is 5.46. The van der Waals surface area contributed by atoms with E-state index in [1.807, 2.05) is 68.4 Å². The number of anilines is 1. The lowest BCUT2D eigenvalue weighted by Crippen LogP contribution is -2.41. The quantitative estimate of drug-likeness (QED) is 0.348. The largest absolute Gasteiger partial charge is 0.480 e. The van der Waals surface area contributed by atoms with E-state index in [0.29, 0.717) is 0 Å². The van der Waals surface area contributed by atoms with Crippen molar-refractivity contribution in [3.05, 3.63) is 71.9 Å². The molecule has 33 heavy (non-hydrogen) atoms. The van der Waals surface area contributed by atoms with Crippen molar-refractivity contribution in [2.45, 2.75) is 23.6 Å². The van der Waals surface area contributed by atoms with E-state index in [1.54, 1.807) is 12.3 Å². The highest BCUT2D eigenvalue weighted by Crippen LogP contribution is 2.32. The lowest BCUT2D eigenvalue weighted by molar-refractivity contribution is -0.138. The second kappa shape index (κ2) is 9.01. The molecule has 2 aromatic carbocycles. The Morgan fingerprint density at radius 3 is 2.52 bits per heavy atom. The van der Waals surface area contributed by atoms with Gasteiger partial charge in [-0.1, -0.05) is 23.8 Å². The van der Waals surface area contributed by atoms with Gasteiger partial charge in [0.1, 0.15) is 10.3 Å². The number of aryl methyl sites for hydroxylation is 1. The van der Waals surface area contributed by atoms with Crippen molar-refractivity contribution < 1.29 is 18.3 Å². The van der Waals surface area contributed by atoms with E-state index in [0.717, 1.165) is 49.5 Å². The summed E-state index contributed by atoms with van der Waals surface area (Å²) in [7, 11) is -0.106. The zero-order valence-corrected chi connectivity index (χ0v) is 20.1. The van der Waals surface area contributed by atoms with Gasteiger partial charge >= 0.3 is 5.97 Å². The van der Waals surface area contributed by atoms with E-state index in [-0.39, 0.29) is 10.6 Å². The smallest absolute Gasteiger partial charge is 0.322 e. The van der Waals surface area contributed by atoms with E-state index >= 15 is 0 Å². The molecule has 1 atom stereocenters. The Labute approximate surface area is 196 Å². The summed E-state index contributed by atoms with van der Waals surface area (Å²) in [4.78, 5) is 17.8. The van der Waals surface area contributed by atoms with Crippen LogP contribution in [0.2, 0.25) is 0 Å². The van der Waals surface area contributed by atoms with Gasteiger partial charge in [0.2, 0.25) is 0 Å². The number of nitrogens with one attached hydrogen (secondary N) is 2. The molecule has 0 aliphatic heterocycles. The number of nitrogens with zero attached hydrogens (tertiary/aromatic N) is 1. The van der Waals surface area contributed by atoms with Crippen LogP contribution in [-0.2, 0) is 21.2 Å². The Balaban J connectivity index is 1.56. The summed E-state index contributed by atoms with van der Waals surface area (Å²) in [5.74, 6) is -1.23. The first-order valence-electron chi connectivity index (χ1n) is 10.3. The van der Waals surface area contributed by atoms with Crippen LogP contribution in [0.25, 0.3) is 21.3 Å². The molecule has 9 heteroatoms. The number of rotatable bonds is 8. The molecule has 0 aliphatic carbocycles. The summed E-state index contributed by atoms with van der Waals surface area (Å²) < 4.78 is 28.5. The molecule has 2 aromatic heterocycles. The van der Waals surface area contributed by atoms with Crippen molar-refractivity contribution in [3.8, 4) is 10.4 Å². The fourth-order valence-corrected chi connectivity index (χ4v) is 6.17. The maximum absolute atomic E-state index is 13.0. The second-order valence-electron chi connectivity index (χ2n) is 8.14. The molecule has 0 saturated carbocycles. The van der Waals surface area contributed by atoms with Gasteiger partial charge in [0.15, 0.2) is 0 Å². The van der Waals surface area contributed by atoms with Crippen LogP contribution in [0.15, 0.2) is 65.0 Å². The van der Waals surface area contributed by atoms with Crippen LogP contribution >= 0.6 is 11.3 Å². The summed E-state index contributed by atoms with van der Waals surface area (Å²) in [5.41, 5.74) is 4.61. The van der Waals surface area contributed by atoms with Crippen molar-refractivity contribution in [3.63, 3.8) is 0 Å². The molecule has 0 radical (unpaired) electrons. The standard InChI is InChI=1S/C24H25N3O4S2/c1-15-4-9-20-19(12-15)17(14-25-20)13-21(24(28)29)26-33(30,31)23-11-10-22(32-23)16-5-7-18(8-6-16)27(2)3/h4-12,14,21,25-26H,13H2,1-3H3,(H,28,29)/t21-/m1/s1. The number of carboxylic acids is 1. The minimum absolute atomic E-state index is 0.0300. The third-order valence-corrected chi connectivity index (χ3v) is 8.55. The minimum atomic E-state index is -4.01. The number of hydrogen-bond donors (Lipinski definition) is 3. The normalized spacial score (nSPS) is 12.7. The van der Waals surface area contributed by atoms with Crippen molar-refractivity contribution in [1.82, 2.24) is 9.71 Å². The molecule has 0 amide bonds. The average Bonchev–Trinajstić information content (AvgIpc) is 3.41. The molecule has 3 N–H and O–H groups in total. The molecular formula is C24H25N3O4S2. The Morgan fingerprint density at radius 1 is 1.12 bits per heavy atom. The van der Waals surface area contributed by atoms with Crippen molar-refractivity contribution in [1.29, 1.82) is 0 Å². The number of carbonyl (C=O) groups is 1. The highest BCUT2D eigenvalue weighted by Gasteiger charge is 2.28. The molecule has 0 unspecified atom stereocenters. The van der Waals surface area contributed by atoms with E-state index in [9.17, 15) is 18.3 Å². The zero-order chi connectivity index (χ0) is 23.8. The van der Waals surface area contributed by atoms with E-state index < -0.39 is 22.0 Å². The summed E-state index contributed by atoms with van der Waals surface area (Å²) in [6.45, 7) is 1.95. The maximum atomic E-state index is 13.0. The van der Waals surface area contributed by atoms with E-state index in [1.165, 1.54) is 6.07 Å². The first-order valence-corrected chi connectivity index (χ1v) is 12.6. The lowest BCUT2D eigenvalue weighted by Gasteiger charge is -2.14. The van der Waals surface area contributed by atoms with Crippen LogP contribution in [0.3, 0.4) is 0 Å². The van der Waals surface area contributed by atoms with Crippen molar-refractivity contribution in [2.24, 2.45) is 0 Å². The number of benzene rings is 2. The van der Waals surface area contributed by atoms with Crippen LogP contribution in [0, 0.1) is 6.92 Å². The van der Waals surface area contributed by atoms with Crippen LogP contribution in [0.1, 0.15) is 11.1 Å². The first kappa shape index (κ1) is 23.0. The number of fused-ring (bicyclic) bond motifs is 1. The van der Waals surface area contributed by atoms with E-state index in [4.69, 9.17) is 0 Å². The van der Waals surface area contributed by atoms with Gasteiger partial charge in [-0.2, -0.15) is 4.72 Å². The number of aromatic amines is 1. The van der Waals surface area contributed by atoms with Crippen molar-refractivity contribution in [2.75, 3.05) is 19.0 Å². The zero-order valence-electron chi connectivity index (χ0n) is 18.5. The molecule has 0 bridgehead atoms. The van der Waals surface area contributed by atoms with Gasteiger partial charge in [-0.25, -0.2) is 8.42 Å². The number of carboxylic acid groups (broad SMARTS) is 1. The molecular weight excluding hydrogens is 458 g/mol. The molecule has 0 fully saturated rings. The predicted molar refractivity (Wildman–Crippen MR) is 133 cm³/mol. The Kier molecular flexibility index (Phi) is 6.29. The predicted octanol–water partition coefficient (Wildman–Crippen LogP) is 4.25. The monoisotopic (exact) mass is 483 g/mol. The fraction of sp³-hybridized carbons (Fsp3) is 0.208. The lowest BCUT2D eigenvalue weighted by atomic mass is 10.0. The molecule has 0 aliphatic rings. The first-order chi connectivity index (χ1) is 15.6. The number of hydrogen-bond acceptors (Lipinski definition) is 5. The fourth-order valence-electron chi connectivity index (χ4n) is 3.65. The number of thiophene rings is 1. The number of sulfonamides is 1. The molecule has 4 rings (SSSR count). The Bertz CT molecular complexity index is 1400. The average molecular weight is 484 g/mol. The number of aliphatic carboxylic acids is 1. The van der Waals surface area contributed by atoms with Crippen LogP contribution in [-0.4, -0.2) is 44.6 Å². The molecule has 172 valence electrons. The summed E-state index contributed by atoms with van der Waals surface area (Å²) in [6, 6.07) is 15.6. The third kappa shape index (κ3) is 4.95. The molecule has 0 spiro atoms. The van der Waals surface area contributed by atoms with Crippen molar-refractivity contribution >= 4 is 43.9 Å².